The number of halogens is 2. The summed E-state index contributed by atoms with van der Waals surface area (Å²) in [4.78, 5) is 11.5. The van der Waals surface area contributed by atoms with Crippen LogP contribution in [0.25, 0.3) is 0 Å². The maximum atomic E-state index is 11.5. The van der Waals surface area contributed by atoms with Crippen molar-refractivity contribution in [2.45, 2.75) is 39.3 Å². The van der Waals surface area contributed by atoms with Crippen LogP contribution in [0.2, 0.25) is 10.0 Å². The Kier molecular flexibility index (Phi) is 6.11. The second kappa shape index (κ2) is 7.13. The molecule has 0 aliphatic rings. The Morgan fingerprint density at radius 2 is 1.95 bits per heavy atom. The SMILES string of the molecule is CCC(NC(C(N)=O)C(C)C)c1ccc(Cl)c(Cl)c1. The van der Waals surface area contributed by atoms with Gasteiger partial charge in [0.15, 0.2) is 0 Å². The normalized spacial score (nSPS) is 14.4. The van der Waals surface area contributed by atoms with Crippen LogP contribution in [0, 0.1) is 5.92 Å². The second-order valence-electron chi connectivity index (χ2n) is 4.93. The van der Waals surface area contributed by atoms with E-state index in [4.69, 9.17) is 28.9 Å². The Morgan fingerprint density at radius 3 is 2.37 bits per heavy atom. The highest BCUT2D eigenvalue weighted by Gasteiger charge is 2.23. The Hall–Kier alpha value is -0.770. The van der Waals surface area contributed by atoms with Gasteiger partial charge in [0, 0.05) is 6.04 Å². The van der Waals surface area contributed by atoms with Gasteiger partial charge in [0.2, 0.25) is 5.91 Å². The fourth-order valence-corrected chi connectivity index (χ4v) is 2.31. The number of nitrogens with one attached hydrogen (secondary N) is 1. The number of nitrogens with two attached hydrogens (primary N) is 1. The monoisotopic (exact) mass is 302 g/mol. The van der Waals surface area contributed by atoms with Crippen LogP contribution in [0.4, 0.5) is 0 Å². The minimum atomic E-state index is -0.362. The fourth-order valence-electron chi connectivity index (χ4n) is 2.00. The van der Waals surface area contributed by atoms with Gasteiger partial charge in [-0.3, -0.25) is 10.1 Å². The molecule has 0 saturated carbocycles. The molecule has 1 amide bonds. The first-order valence-corrected chi connectivity index (χ1v) is 7.12. The standard InChI is InChI=1S/C14H20Cl2N2O/c1-4-12(18-13(8(2)3)14(17)19)9-5-6-10(15)11(16)7-9/h5-8,12-13,18H,4H2,1-3H3,(H2,17,19). The van der Waals surface area contributed by atoms with E-state index in [-0.39, 0.29) is 23.9 Å². The highest BCUT2D eigenvalue weighted by molar-refractivity contribution is 6.42. The first-order chi connectivity index (χ1) is 8.86. The summed E-state index contributed by atoms with van der Waals surface area (Å²) in [6, 6.07) is 5.16. The Balaban J connectivity index is 2.93. The summed E-state index contributed by atoms with van der Waals surface area (Å²) < 4.78 is 0. The van der Waals surface area contributed by atoms with Crippen molar-refractivity contribution in [3.8, 4) is 0 Å². The number of carbonyl (C=O) groups excluding carboxylic acids is 1. The number of hydrogen-bond acceptors (Lipinski definition) is 2. The van der Waals surface area contributed by atoms with Crippen LogP contribution >= 0.6 is 23.2 Å². The van der Waals surface area contributed by atoms with E-state index in [1.54, 1.807) is 6.07 Å². The molecule has 3 nitrogen and oxygen atoms in total. The quantitative estimate of drug-likeness (QED) is 0.844. The maximum Gasteiger partial charge on any atom is 0.234 e. The minimum Gasteiger partial charge on any atom is -0.368 e. The van der Waals surface area contributed by atoms with Gasteiger partial charge in [-0.25, -0.2) is 0 Å². The average molecular weight is 303 g/mol. The zero-order chi connectivity index (χ0) is 14.6. The molecule has 106 valence electrons. The lowest BCUT2D eigenvalue weighted by molar-refractivity contribution is -0.121. The summed E-state index contributed by atoms with van der Waals surface area (Å²) in [7, 11) is 0. The van der Waals surface area contributed by atoms with E-state index in [9.17, 15) is 4.79 Å². The first kappa shape index (κ1) is 16.3. The molecule has 0 saturated heterocycles. The molecule has 2 atom stereocenters. The molecule has 0 aliphatic heterocycles. The van der Waals surface area contributed by atoms with E-state index in [0.717, 1.165) is 12.0 Å². The molecular weight excluding hydrogens is 283 g/mol. The molecule has 0 aromatic heterocycles. The topological polar surface area (TPSA) is 55.1 Å². The van der Waals surface area contributed by atoms with E-state index < -0.39 is 0 Å². The molecule has 1 rings (SSSR count). The minimum absolute atomic E-state index is 0.0228. The molecule has 2 unspecified atom stereocenters. The Morgan fingerprint density at radius 1 is 1.32 bits per heavy atom. The molecule has 0 bridgehead atoms. The number of amides is 1. The zero-order valence-corrected chi connectivity index (χ0v) is 12.9. The molecular formula is C14H20Cl2N2O. The molecule has 0 aliphatic carbocycles. The van der Waals surface area contributed by atoms with Crippen molar-refractivity contribution in [3.05, 3.63) is 33.8 Å². The van der Waals surface area contributed by atoms with Gasteiger partial charge in [0.25, 0.3) is 0 Å². The van der Waals surface area contributed by atoms with Crippen LogP contribution in [-0.4, -0.2) is 11.9 Å². The van der Waals surface area contributed by atoms with Crippen LogP contribution in [-0.2, 0) is 4.79 Å². The van der Waals surface area contributed by atoms with Gasteiger partial charge >= 0.3 is 0 Å². The largest absolute Gasteiger partial charge is 0.368 e. The van der Waals surface area contributed by atoms with E-state index in [1.165, 1.54) is 0 Å². The lowest BCUT2D eigenvalue weighted by Gasteiger charge is -2.26. The van der Waals surface area contributed by atoms with Gasteiger partial charge < -0.3 is 5.73 Å². The van der Waals surface area contributed by atoms with Crippen LogP contribution in [0.5, 0.6) is 0 Å². The molecule has 1 aromatic rings. The van der Waals surface area contributed by atoms with Crippen molar-refractivity contribution in [1.82, 2.24) is 5.32 Å². The lowest BCUT2D eigenvalue weighted by Crippen LogP contribution is -2.46. The Bertz CT molecular complexity index is 449. The van der Waals surface area contributed by atoms with Crippen molar-refractivity contribution >= 4 is 29.1 Å². The maximum absolute atomic E-state index is 11.5. The molecule has 5 heteroatoms. The van der Waals surface area contributed by atoms with Crippen LogP contribution in [0.1, 0.15) is 38.8 Å². The fraction of sp³-hybridized carbons (Fsp3) is 0.500. The molecule has 19 heavy (non-hydrogen) atoms. The van der Waals surface area contributed by atoms with Gasteiger partial charge in [-0.15, -0.1) is 0 Å². The van der Waals surface area contributed by atoms with Crippen molar-refractivity contribution in [2.24, 2.45) is 11.7 Å². The summed E-state index contributed by atoms with van der Waals surface area (Å²) in [5.74, 6) is -0.206. The van der Waals surface area contributed by atoms with Crippen LogP contribution < -0.4 is 11.1 Å². The number of carbonyl (C=O) groups is 1. The average Bonchev–Trinajstić information content (AvgIpc) is 2.33. The van der Waals surface area contributed by atoms with Crippen LogP contribution in [0.15, 0.2) is 18.2 Å². The van der Waals surface area contributed by atoms with Gasteiger partial charge in [0.05, 0.1) is 16.1 Å². The van der Waals surface area contributed by atoms with Crippen molar-refractivity contribution in [3.63, 3.8) is 0 Å². The van der Waals surface area contributed by atoms with Crippen molar-refractivity contribution in [1.29, 1.82) is 0 Å². The van der Waals surface area contributed by atoms with E-state index in [2.05, 4.69) is 5.32 Å². The van der Waals surface area contributed by atoms with E-state index in [1.807, 2.05) is 32.9 Å². The molecule has 0 spiro atoms. The molecule has 3 N–H and O–H groups in total. The van der Waals surface area contributed by atoms with Crippen LogP contribution in [0.3, 0.4) is 0 Å². The second-order valence-corrected chi connectivity index (χ2v) is 5.74. The molecule has 0 radical (unpaired) electrons. The molecule has 0 heterocycles. The summed E-state index contributed by atoms with van der Waals surface area (Å²) in [6.45, 7) is 5.96. The van der Waals surface area contributed by atoms with Gasteiger partial charge in [-0.05, 0) is 30.0 Å². The zero-order valence-electron chi connectivity index (χ0n) is 11.4. The molecule has 0 fully saturated rings. The van der Waals surface area contributed by atoms with Gasteiger partial charge in [-0.2, -0.15) is 0 Å². The predicted molar refractivity (Wildman–Crippen MR) is 80.5 cm³/mol. The summed E-state index contributed by atoms with van der Waals surface area (Å²) in [5.41, 5.74) is 6.43. The van der Waals surface area contributed by atoms with Gasteiger partial charge in [-0.1, -0.05) is 50.0 Å². The van der Waals surface area contributed by atoms with E-state index >= 15 is 0 Å². The summed E-state index contributed by atoms with van der Waals surface area (Å²) in [6.07, 6.45) is 0.828. The Labute approximate surface area is 124 Å². The highest BCUT2D eigenvalue weighted by Crippen LogP contribution is 2.27. The lowest BCUT2D eigenvalue weighted by atomic mass is 9.98. The number of primary amides is 1. The summed E-state index contributed by atoms with van der Waals surface area (Å²) in [5, 5.41) is 4.33. The van der Waals surface area contributed by atoms with Crippen molar-refractivity contribution < 1.29 is 4.79 Å². The first-order valence-electron chi connectivity index (χ1n) is 6.37. The number of benzene rings is 1. The van der Waals surface area contributed by atoms with Crippen molar-refractivity contribution in [2.75, 3.05) is 0 Å². The van der Waals surface area contributed by atoms with Gasteiger partial charge in [0.1, 0.15) is 0 Å². The predicted octanol–water partition coefficient (Wildman–Crippen LogP) is 3.54. The number of rotatable bonds is 6. The third-order valence-corrected chi connectivity index (χ3v) is 3.85. The number of hydrogen-bond donors (Lipinski definition) is 2. The van der Waals surface area contributed by atoms with E-state index in [0.29, 0.717) is 10.0 Å². The molecule has 1 aromatic carbocycles. The smallest absolute Gasteiger partial charge is 0.234 e. The highest BCUT2D eigenvalue weighted by atomic mass is 35.5. The summed E-state index contributed by atoms with van der Waals surface area (Å²) >= 11 is 11.9. The third kappa shape index (κ3) is 4.37. The third-order valence-electron chi connectivity index (χ3n) is 3.11.